The standard InChI is InChI=1S/C40H41F3N6O5/c1-45(2)14-3-15-47-23-33(25-5-8-29(9-6-25)54-40(41,42)43)31-16-24(4-11-34(31)47)18-46-19-26-21-48(22-27(26)20-46)28-7-10-30-32(17-28)39(53)49(38(30)52)35-12-13-36(50)44-37(35)51/h4-11,16-17,23,26-27,35H,3,12-15,18-22H2,1-2H3,(H,44,50,51). The molecule has 8 rings (SSSR count). The molecule has 4 aliphatic rings. The predicted molar refractivity (Wildman–Crippen MR) is 195 cm³/mol. The molecule has 3 fully saturated rings. The Morgan fingerprint density at radius 2 is 1.57 bits per heavy atom. The number of benzene rings is 3. The van der Waals surface area contributed by atoms with E-state index < -0.39 is 36.0 Å². The summed E-state index contributed by atoms with van der Waals surface area (Å²) >= 11 is 0. The minimum absolute atomic E-state index is 0.0741. The fourth-order valence-electron chi connectivity index (χ4n) is 8.60. The minimum Gasteiger partial charge on any atom is -0.406 e. The molecule has 4 aromatic rings. The molecule has 3 saturated heterocycles. The molecule has 3 aromatic carbocycles. The van der Waals surface area contributed by atoms with Gasteiger partial charge in [0.15, 0.2) is 0 Å². The molecule has 282 valence electrons. The Kier molecular flexibility index (Phi) is 9.21. The lowest BCUT2D eigenvalue weighted by Crippen LogP contribution is -2.54. The van der Waals surface area contributed by atoms with Crippen LogP contribution in [0.2, 0.25) is 0 Å². The molecule has 4 amide bonds. The number of rotatable bonds is 10. The zero-order chi connectivity index (χ0) is 37.9. The summed E-state index contributed by atoms with van der Waals surface area (Å²) in [4.78, 5) is 58.5. The van der Waals surface area contributed by atoms with E-state index in [-0.39, 0.29) is 29.7 Å². The van der Waals surface area contributed by atoms with Gasteiger partial charge >= 0.3 is 6.36 Å². The molecular formula is C40H41F3N6O5. The largest absolute Gasteiger partial charge is 0.573 e. The number of anilines is 1. The van der Waals surface area contributed by atoms with Crippen molar-refractivity contribution in [3.8, 4) is 16.9 Å². The van der Waals surface area contributed by atoms with Crippen molar-refractivity contribution >= 4 is 40.2 Å². The van der Waals surface area contributed by atoms with Gasteiger partial charge in [-0.1, -0.05) is 18.2 Å². The lowest BCUT2D eigenvalue weighted by molar-refractivity contribution is -0.274. The Morgan fingerprint density at radius 3 is 2.26 bits per heavy atom. The van der Waals surface area contributed by atoms with Crippen molar-refractivity contribution in [1.29, 1.82) is 0 Å². The summed E-state index contributed by atoms with van der Waals surface area (Å²) in [5.74, 6) is -1.46. The number of ether oxygens (including phenoxy) is 1. The number of halogens is 3. The lowest BCUT2D eigenvalue weighted by atomic mass is 10.0. The van der Waals surface area contributed by atoms with Crippen molar-refractivity contribution < 1.29 is 37.1 Å². The van der Waals surface area contributed by atoms with Crippen LogP contribution in [-0.4, -0.2) is 102 Å². The summed E-state index contributed by atoms with van der Waals surface area (Å²) in [5, 5.41) is 3.28. The first-order valence-corrected chi connectivity index (χ1v) is 18.3. The molecule has 54 heavy (non-hydrogen) atoms. The highest BCUT2D eigenvalue weighted by atomic mass is 19.4. The first-order valence-electron chi connectivity index (χ1n) is 18.3. The van der Waals surface area contributed by atoms with Crippen LogP contribution in [0.4, 0.5) is 18.9 Å². The van der Waals surface area contributed by atoms with Gasteiger partial charge < -0.3 is 19.1 Å². The molecule has 5 heterocycles. The average Bonchev–Trinajstić information content (AvgIpc) is 3.85. The van der Waals surface area contributed by atoms with Crippen LogP contribution in [-0.2, 0) is 22.7 Å². The number of aryl methyl sites for hydroxylation is 1. The van der Waals surface area contributed by atoms with E-state index in [1.807, 2.05) is 20.2 Å². The summed E-state index contributed by atoms with van der Waals surface area (Å²) in [7, 11) is 4.08. The maximum absolute atomic E-state index is 13.4. The van der Waals surface area contributed by atoms with E-state index in [9.17, 15) is 32.3 Å². The molecule has 11 nitrogen and oxygen atoms in total. The van der Waals surface area contributed by atoms with E-state index >= 15 is 0 Å². The van der Waals surface area contributed by atoms with Crippen LogP contribution in [0.3, 0.4) is 0 Å². The Morgan fingerprint density at radius 1 is 0.852 bits per heavy atom. The summed E-state index contributed by atoms with van der Waals surface area (Å²) in [6.07, 6.45) is -1.52. The molecule has 1 N–H and O–H groups in total. The molecular weight excluding hydrogens is 701 g/mol. The molecule has 0 spiro atoms. The van der Waals surface area contributed by atoms with Crippen LogP contribution in [0.5, 0.6) is 5.75 Å². The predicted octanol–water partition coefficient (Wildman–Crippen LogP) is 5.13. The molecule has 0 saturated carbocycles. The van der Waals surface area contributed by atoms with Crippen LogP contribution in [0, 0.1) is 11.8 Å². The number of nitrogens with one attached hydrogen (secondary N) is 1. The van der Waals surface area contributed by atoms with E-state index in [4.69, 9.17) is 0 Å². The van der Waals surface area contributed by atoms with Gasteiger partial charge in [0.1, 0.15) is 11.8 Å². The third-order valence-electron chi connectivity index (χ3n) is 11.1. The topological polar surface area (TPSA) is 107 Å². The van der Waals surface area contributed by atoms with Gasteiger partial charge in [-0.3, -0.25) is 34.3 Å². The lowest BCUT2D eigenvalue weighted by Gasteiger charge is -2.27. The second kappa shape index (κ2) is 13.9. The number of hydrogen-bond acceptors (Lipinski definition) is 8. The minimum atomic E-state index is -4.75. The monoisotopic (exact) mass is 742 g/mol. The van der Waals surface area contributed by atoms with Gasteiger partial charge in [0, 0.05) is 74.0 Å². The Balaban J connectivity index is 0.950. The second-order valence-electron chi connectivity index (χ2n) is 15.1. The number of carbonyl (C=O) groups is 4. The van der Waals surface area contributed by atoms with Gasteiger partial charge in [0.25, 0.3) is 11.8 Å². The fourth-order valence-corrected chi connectivity index (χ4v) is 8.60. The molecule has 0 radical (unpaired) electrons. The van der Waals surface area contributed by atoms with Crippen LogP contribution < -0.4 is 15.0 Å². The Hall–Kier alpha value is -5.21. The highest BCUT2D eigenvalue weighted by molar-refractivity contribution is 6.23. The summed E-state index contributed by atoms with van der Waals surface area (Å²) in [6, 6.07) is 16.9. The zero-order valence-corrected chi connectivity index (χ0v) is 30.1. The van der Waals surface area contributed by atoms with E-state index in [0.717, 1.165) is 90.4 Å². The zero-order valence-electron chi connectivity index (χ0n) is 30.1. The molecule has 1 aromatic heterocycles. The third-order valence-corrected chi connectivity index (χ3v) is 11.1. The van der Waals surface area contributed by atoms with E-state index in [2.05, 4.69) is 53.7 Å². The van der Waals surface area contributed by atoms with Crippen molar-refractivity contribution in [1.82, 2.24) is 24.6 Å². The number of hydrogen-bond donors (Lipinski definition) is 1. The maximum atomic E-state index is 13.4. The van der Waals surface area contributed by atoms with Crippen molar-refractivity contribution in [2.75, 3.05) is 51.7 Å². The van der Waals surface area contributed by atoms with E-state index in [1.165, 1.54) is 12.1 Å². The Labute approximate surface area is 310 Å². The van der Waals surface area contributed by atoms with E-state index in [1.54, 1.807) is 24.3 Å². The number of carbonyl (C=O) groups excluding carboxylic acids is 4. The van der Waals surface area contributed by atoms with Crippen molar-refractivity contribution in [2.24, 2.45) is 11.8 Å². The number of nitrogens with zero attached hydrogens (tertiary/aromatic N) is 5. The van der Waals surface area contributed by atoms with Gasteiger partial charge in [-0.25, -0.2) is 0 Å². The molecule has 14 heteroatoms. The highest BCUT2D eigenvalue weighted by Gasteiger charge is 2.46. The van der Waals surface area contributed by atoms with E-state index in [0.29, 0.717) is 11.8 Å². The number of aromatic nitrogens is 1. The van der Waals surface area contributed by atoms with Gasteiger partial charge in [-0.2, -0.15) is 0 Å². The molecule has 4 aliphatic heterocycles. The number of imide groups is 2. The number of amides is 4. The van der Waals surface area contributed by atoms with Crippen LogP contribution >= 0.6 is 0 Å². The van der Waals surface area contributed by atoms with Crippen molar-refractivity contribution in [3.05, 3.63) is 83.6 Å². The van der Waals surface area contributed by atoms with Crippen LogP contribution in [0.1, 0.15) is 45.5 Å². The van der Waals surface area contributed by atoms with Gasteiger partial charge in [0.05, 0.1) is 11.1 Å². The number of fused-ring (bicyclic) bond motifs is 3. The van der Waals surface area contributed by atoms with Gasteiger partial charge in [0.2, 0.25) is 11.8 Å². The number of piperidine rings is 1. The fraction of sp³-hybridized carbons (Fsp3) is 0.400. The quantitative estimate of drug-likeness (QED) is 0.223. The SMILES string of the molecule is CN(C)CCCn1cc(-c2ccc(OC(F)(F)F)cc2)c2cc(CN3CC4CN(c5ccc6c(c5)C(=O)N(C5CCC(=O)NC5=O)C6=O)CC4C3)ccc21. The molecule has 0 bridgehead atoms. The molecule has 3 atom stereocenters. The second-order valence-corrected chi connectivity index (χ2v) is 15.1. The smallest absolute Gasteiger partial charge is 0.406 e. The highest BCUT2D eigenvalue weighted by Crippen LogP contribution is 2.38. The summed E-state index contributed by atoms with van der Waals surface area (Å²) in [6.45, 7) is 5.94. The first-order chi connectivity index (χ1) is 25.8. The summed E-state index contributed by atoms with van der Waals surface area (Å²) < 4.78 is 44.8. The van der Waals surface area contributed by atoms with Crippen molar-refractivity contribution in [2.45, 2.75) is 44.8 Å². The molecule has 0 aliphatic carbocycles. The first kappa shape index (κ1) is 35.8. The Bertz CT molecular complexity index is 2130. The van der Waals surface area contributed by atoms with Gasteiger partial charge in [-0.05, 0) is 98.9 Å². The summed E-state index contributed by atoms with van der Waals surface area (Å²) in [5.41, 5.74) is 5.43. The molecule has 3 unspecified atom stereocenters. The van der Waals surface area contributed by atoms with Crippen molar-refractivity contribution in [3.63, 3.8) is 0 Å². The van der Waals surface area contributed by atoms with Gasteiger partial charge in [-0.15, -0.1) is 13.2 Å². The van der Waals surface area contributed by atoms with Crippen LogP contribution in [0.25, 0.3) is 22.0 Å². The average molecular weight is 743 g/mol. The van der Waals surface area contributed by atoms with Crippen LogP contribution in [0.15, 0.2) is 66.9 Å². The third kappa shape index (κ3) is 6.95. The normalized spacial score (nSPS) is 21.8. The number of likely N-dealkylation sites (tertiary alicyclic amines) is 1. The maximum Gasteiger partial charge on any atom is 0.573 e. The number of alkyl halides is 3.